The van der Waals surface area contributed by atoms with Crippen LogP contribution >= 0.6 is 24.0 Å². The molecule has 1 rings (SSSR count). The minimum atomic E-state index is 0.0874. The summed E-state index contributed by atoms with van der Waals surface area (Å²) in [6.45, 7) is 2.19. The van der Waals surface area contributed by atoms with Gasteiger partial charge in [0.15, 0.2) is 0 Å². The lowest BCUT2D eigenvalue weighted by Crippen LogP contribution is -2.23. The van der Waals surface area contributed by atoms with Gasteiger partial charge in [0, 0.05) is 0 Å². The van der Waals surface area contributed by atoms with Gasteiger partial charge >= 0.3 is 0 Å². The molecule has 0 spiro atoms. The van der Waals surface area contributed by atoms with E-state index in [-0.39, 0.29) is 11.2 Å². The highest BCUT2D eigenvalue weighted by molar-refractivity contribution is 8.24. The molecule has 13 heavy (non-hydrogen) atoms. The predicted octanol–water partition coefficient (Wildman–Crippen LogP) is 2.47. The van der Waals surface area contributed by atoms with Crippen molar-refractivity contribution in [1.29, 1.82) is 0 Å². The fourth-order valence-corrected chi connectivity index (χ4v) is 2.66. The monoisotopic (exact) mass is 217 g/mol. The van der Waals surface area contributed by atoms with Crippen molar-refractivity contribution >= 4 is 34.2 Å². The van der Waals surface area contributed by atoms with Gasteiger partial charge in [0.05, 0.1) is 5.25 Å². The fourth-order valence-electron chi connectivity index (χ4n) is 1.34. The van der Waals surface area contributed by atoms with Crippen molar-refractivity contribution in [3.05, 3.63) is 0 Å². The number of thiocarbonyl (C=S) groups is 1. The van der Waals surface area contributed by atoms with E-state index in [0.717, 1.165) is 12.8 Å². The van der Waals surface area contributed by atoms with Crippen molar-refractivity contribution in [2.24, 2.45) is 0 Å². The molecule has 1 aliphatic rings. The van der Waals surface area contributed by atoms with E-state index >= 15 is 0 Å². The van der Waals surface area contributed by atoms with Crippen molar-refractivity contribution in [1.82, 2.24) is 5.32 Å². The van der Waals surface area contributed by atoms with Gasteiger partial charge in [-0.05, 0) is 6.42 Å². The van der Waals surface area contributed by atoms with E-state index < -0.39 is 0 Å². The zero-order valence-corrected chi connectivity index (χ0v) is 9.47. The van der Waals surface area contributed by atoms with Gasteiger partial charge in [-0.3, -0.25) is 4.79 Å². The molecule has 0 aromatic carbocycles. The Bertz CT molecular complexity index is 206. The van der Waals surface area contributed by atoms with Crippen molar-refractivity contribution in [3.63, 3.8) is 0 Å². The summed E-state index contributed by atoms with van der Waals surface area (Å²) in [7, 11) is 0. The molecular formula is C9H15NOS2. The van der Waals surface area contributed by atoms with Crippen molar-refractivity contribution < 1.29 is 4.79 Å². The third kappa shape index (κ3) is 3.65. The van der Waals surface area contributed by atoms with Crippen LogP contribution in [0.15, 0.2) is 0 Å². The van der Waals surface area contributed by atoms with Crippen LogP contribution in [0.5, 0.6) is 0 Å². The van der Waals surface area contributed by atoms with E-state index in [9.17, 15) is 4.79 Å². The molecule has 0 radical (unpaired) electrons. The maximum atomic E-state index is 11.2. The van der Waals surface area contributed by atoms with Gasteiger partial charge in [0.2, 0.25) is 5.91 Å². The lowest BCUT2D eigenvalue weighted by Gasteiger charge is -2.03. The maximum Gasteiger partial charge on any atom is 0.238 e. The average Bonchev–Trinajstić information content (AvgIpc) is 2.39. The standard InChI is InChI=1S/C9H15NOS2/c1-2-3-4-5-6-7-8(11)10-9(12)13-7/h7H,2-6H2,1H3,(H,10,11,12). The Kier molecular flexibility index (Phi) is 4.73. The van der Waals surface area contributed by atoms with E-state index in [1.54, 1.807) is 0 Å². The number of nitrogens with one attached hydrogen (secondary N) is 1. The zero-order valence-electron chi connectivity index (χ0n) is 7.84. The molecule has 74 valence electrons. The summed E-state index contributed by atoms with van der Waals surface area (Å²) in [5, 5.41) is 2.75. The molecular weight excluding hydrogens is 202 g/mol. The molecule has 1 N–H and O–H groups in total. The highest BCUT2D eigenvalue weighted by atomic mass is 32.2. The molecule has 0 aromatic rings. The van der Waals surface area contributed by atoms with Gasteiger partial charge in [-0.1, -0.05) is 56.6 Å². The number of carbonyl (C=O) groups excluding carboxylic acids is 1. The summed E-state index contributed by atoms with van der Waals surface area (Å²) in [4.78, 5) is 11.2. The Morgan fingerprint density at radius 1 is 1.46 bits per heavy atom. The summed E-state index contributed by atoms with van der Waals surface area (Å²) in [6, 6.07) is 0. The Labute approximate surface area is 88.8 Å². The number of carbonyl (C=O) groups is 1. The zero-order chi connectivity index (χ0) is 9.68. The molecule has 0 bridgehead atoms. The van der Waals surface area contributed by atoms with Gasteiger partial charge in [-0.15, -0.1) is 0 Å². The Balaban J connectivity index is 2.14. The lowest BCUT2D eigenvalue weighted by molar-refractivity contribution is -0.118. The molecule has 0 saturated carbocycles. The van der Waals surface area contributed by atoms with Crippen LogP contribution < -0.4 is 5.32 Å². The van der Waals surface area contributed by atoms with Crippen LogP contribution in [-0.4, -0.2) is 15.5 Å². The first kappa shape index (κ1) is 11.0. The second-order valence-electron chi connectivity index (χ2n) is 3.23. The van der Waals surface area contributed by atoms with E-state index in [4.69, 9.17) is 12.2 Å². The Morgan fingerprint density at radius 2 is 2.23 bits per heavy atom. The van der Waals surface area contributed by atoms with Crippen LogP contribution in [0.2, 0.25) is 0 Å². The molecule has 0 aromatic heterocycles. The normalized spacial score (nSPS) is 22.1. The van der Waals surface area contributed by atoms with E-state index in [0.29, 0.717) is 4.32 Å². The molecule has 1 fully saturated rings. The first-order valence-electron chi connectivity index (χ1n) is 4.75. The molecule has 1 unspecified atom stereocenters. The Hall–Kier alpha value is -0.0900. The second-order valence-corrected chi connectivity index (χ2v) is 5.11. The third-order valence-electron chi connectivity index (χ3n) is 2.09. The average molecular weight is 217 g/mol. The number of unbranched alkanes of at least 4 members (excludes halogenated alkanes) is 3. The van der Waals surface area contributed by atoms with Crippen LogP contribution in [0.25, 0.3) is 0 Å². The van der Waals surface area contributed by atoms with Crippen molar-refractivity contribution in [2.45, 2.75) is 44.3 Å². The number of amides is 1. The summed E-state index contributed by atoms with van der Waals surface area (Å²) < 4.78 is 0.644. The smallest absolute Gasteiger partial charge is 0.238 e. The molecule has 1 saturated heterocycles. The van der Waals surface area contributed by atoms with Crippen molar-refractivity contribution in [2.75, 3.05) is 0 Å². The third-order valence-corrected chi connectivity index (χ3v) is 3.53. The number of hydrogen-bond donors (Lipinski definition) is 1. The van der Waals surface area contributed by atoms with Crippen LogP contribution in [0.1, 0.15) is 39.0 Å². The second kappa shape index (κ2) is 5.60. The molecule has 2 nitrogen and oxygen atoms in total. The summed E-state index contributed by atoms with van der Waals surface area (Å²) in [5.41, 5.74) is 0. The van der Waals surface area contributed by atoms with Crippen LogP contribution in [-0.2, 0) is 4.79 Å². The van der Waals surface area contributed by atoms with E-state index in [1.165, 1.54) is 31.0 Å². The van der Waals surface area contributed by atoms with Gasteiger partial charge in [-0.2, -0.15) is 0 Å². The fraction of sp³-hybridized carbons (Fsp3) is 0.778. The van der Waals surface area contributed by atoms with Crippen LogP contribution in [0.3, 0.4) is 0 Å². The van der Waals surface area contributed by atoms with Gasteiger partial charge in [0.25, 0.3) is 0 Å². The van der Waals surface area contributed by atoms with E-state index in [1.807, 2.05) is 0 Å². The highest BCUT2D eigenvalue weighted by Crippen LogP contribution is 2.24. The van der Waals surface area contributed by atoms with Gasteiger partial charge in [0.1, 0.15) is 4.32 Å². The first-order chi connectivity index (χ1) is 6.24. The molecule has 1 amide bonds. The molecule has 1 atom stereocenters. The van der Waals surface area contributed by atoms with E-state index in [2.05, 4.69) is 12.2 Å². The molecule has 1 aliphatic heterocycles. The van der Waals surface area contributed by atoms with Crippen molar-refractivity contribution in [3.8, 4) is 0 Å². The van der Waals surface area contributed by atoms with Gasteiger partial charge in [-0.25, -0.2) is 0 Å². The topological polar surface area (TPSA) is 29.1 Å². The molecule has 1 heterocycles. The highest BCUT2D eigenvalue weighted by Gasteiger charge is 2.27. The number of hydrogen-bond acceptors (Lipinski definition) is 3. The lowest BCUT2D eigenvalue weighted by atomic mass is 10.1. The van der Waals surface area contributed by atoms with Crippen LogP contribution in [0.4, 0.5) is 0 Å². The molecule has 0 aliphatic carbocycles. The Morgan fingerprint density at radius 3 is 2.77 bits per heavy atom. The minimum Gasteiger partial charge on any atom is -0.311 e. The molecule has 4 heteroatoms. The predicted molar refractivity (Wildman–Crippen MR) is 60.9 cm³/mol. The minimum absolute atomic E-state index is 0.0874. The summed E-state index contributed by atoms with van der Waals surface area (Å²) in [5.74, 6) is 0.103. The summed E-state index contributed by atoms with van der Waals surface area (Å²) in [6.07, 6.45) is 5.84. The van der Waals surface area contributed by atoms with Crippen LogP contribution in [0, 0.1) is 0 Å². The largest absolute Gasteiger partial charge is 0.311 e. The summed E-state index contributed by atoms with van der Waals surface area (Å²) >= 11 is 6.41. The maximum absolute atomic E-state index is 11.2. The number of rotatable bonds is 5. The SMILES string of the molecule is CCCCCCC1SC(=S)NC1=O. The quantitative estimate of drug-likeness (QED) is 0.566. The first-order valence-corrected chi connectivity index (χ1v) is 6.04. The number of thioether (sulfide) groups is 1. The van der Waals surface area contributed by atoms with Gasteiger partial charge < -0.3 is 5.32 Å².